The Morgan fingerprint density at radius 3 is 2.11 bits per heavy atom. The third-order valence-electron chi connectivity index (χ3n) is 6.84. The third-order valence-corrected chi connectivity index (χ3v) is 6.84. The van der Waals surface area contributed by atoms with Crippen molar-refractivity contribution in [1.82, 2.24) is 26.2 Å². The molecule has 19 nitrogen and oxygen atoms in total. The lowest BCUT2D eigenvalue weighted by atomic mass is 10.0. The van der Waals surface area contributed by atoms with Crippen LogP contribution in [0, 0.1) is 0 Å². The molecule has 1 aromatic carbocycles. The summed E-state index contributed by atoms with van der Waals surface area (Å²) in [6.45, 7) is -1.46. The number of carbonyl (C=O) groups is 8. The predicted molar refractivity (Wildman–Crippen MR) is 154 cm³/mol. The van der Waals surface area contributed by atoms with E-state index in [1.165, 1.54) is 24.3 Å². The van der Waals surface area contributed by atoms with Gasteiger partial charge in [0.2, 0.25) is 35.4 Å². The zero-order valence-electron chi connectivity index (χ0n) is 24.5. The van der Waals surface area contributed by atoms with E-state index in [0.717, 1.165) is 4.90 Å². The first-order chi connectivity index (χ1) is 21.6. The Bertz CT molecular complexity index is 1320. The number of hydrogen-bond acceptors (Lipinski definition) is 11. The standard InChI is InChI=1S/C27H37N7O12/c28-15(12-35)23(41)32-16(8-13-3-5-14(36)6-4-13)24(42)30-11-21(38)31-17(9-20(29)37)26(44)34-7-1-2-19(34)25(43)33-18(27(45)46)10-22(39)40/h3-6,15-19,35-36H,1-2,7-12,28H2,(H2,29,37)(H,30,42)(H,31,38)(H,32,41)(H,33,43)(H,39,40)(H,45,46)/t15-,16-,17-,18-,19-/m0/s1. The summed E-state index contributed by atoms with van der Waals surface area (Å²) in [5, 5.41) is 45.8. The summed E-state index contributed by atoms with van der Waals surface area (Å²) in [5.74, 6) is -8.65. The number of carbonyl (C=O) groups excluding carboxylic acids is 6. The average molecular weight is 652 g/mol. The van der Waals surface area contributed by atoms with Crippen LogP contribution in [0.1, 0.15) is 31.2 Å². The van der Waals surface area contributed by atoms with Gasteiger partial charge < -0.3 is 58.1 Å². The fraction of sp³-hybridized carbons (Fsp3) is 0.481. The number of aliphatic hydroxyl groups excluding tert-OH is 1. The Hall–Kier alpha value is -5.30. The molecule has 1 fully saturated rings. The number of hydrogen-bond donors (Lipinski definition) is 10. The first-order valence-corrected chi connectivity index (χ1v) is 14.0. The van der Waals surface area contributed by atoms with Crippen molar-refractivity contribution in [2.45, 2.75) is 62.3 Å². The van der Waals surface area contributed by atoms with Gasteiger partial charge in [0.05, 0.1) is 26.0 Å². The number of nitrogens with one attached hydrogen (secondary N) is 4. The minimum Gasteiger partial charge on any atom is -0.508 e. The van der Waals surface area contributed by atoms with Gasteiger partial charge in [0.15, 0.2) is 0 Å². The molecule has 1 saturated heterocycles. The molecule has 0 bridgehead atoms. The van der Waals surface area contributed by atoms with Crippen LogP contribution >= 0.6 is 0 Å². The zero-order valence-corrected chi connectivity index (χ0v) is 24.5. The number of phenolic OH excluding ortho intramolecular Hbond substituents is 1. The monoisotopic (exact) mass is 651 g/mol. The number of aliphatic hydroxyl groups is 1. The summed E-state index contributed by atoms with van der Waals surface area (Å²) >= 11 is 0. The summed E-state index contributed by atoms with van der Waals surface area (Å²) in [7, 11) is 0. The largest absolute Gasteiger partial charge is 0.508 e. The first-order valence-electron chi connectivity index (χ1n) is 14.0. The highest BCUT2D eigenvalue weighted by Gasteiger charge is 2.39. The van der Waals surface area contributed by atoms with Gasteiger partial charge >= 0.3 is 11.9 Å². The molecular formula is C27H37N7O12. The van der Waals surface area contributed by atoms with E-state index in [0.29, 0.717) is 12.0 Å². The predicted octanol–water partition coefficient (Wildman–Crippen LogP) is -4.75. The Kier molecular flexibility index (Phi) is 13.8. The van der Waals surface area contributed by atoms with Gasteiger partial charge in [-0.2, -0.15) is 0 Å². The van der Waals surface area contributed by atoms with Crippen LogP contribution in [0.4, 0.5) is 0 Å². The minimum absolute atomic E-state index is 0.00985. The highest BCUT2D eigenvalue weighted by atomic mass is 16.4. The molecule has 1 aliphatic rings. The number of aliphatic carboxylic acids is 2. The van der Waals surface area contributed by atoms with Gasteiger partial charge in [-0.1, -0.05) is 12.1 Å². The third kappa shape index (κ3) is 11.3. The number of carboxylic acids is 2. The van der Waals surface area contributed by atoms with E-state index in [9.17, 15) is 48.6 Å². The molecule has 1 aliphatic heterocycles. The van der Waals surface area contributed by atoms with Gasteiger partial charge in [0.1, 0.15) is 36.0 Å². The molecule has 252 valence electrons. The van der Waals surface area contributed by atoms with Gasteiger partial charge in [-0.25, -0.2) is 4.79 Å². The number of primary amides is 1. The normalized spacial score (nSPS) is 16.7. The average Bonchev–Trinajstić information content (AvgIpc) is 3.48. The van der Waals surface area contributed by atoms with Gasteiger partial charge in [0.25, 0.3) is 0 Å². The summed E-state index contributed by atoms with van der Waals surface area (Å²) in [5.41, 5.74) is 11.3. The van der Waals surface area contributed by atoms with E-state index >= 15 is 0 Å². The smallest absolute Gasteiger partial charge is 0.326 e. The van der Waals surface area contributed by atoms with Gasteiger partial charge in [-0.05, 0) is 30.5 Å². The number of phenols is 1. The lowest BCUT2D eigenvalue weighted by Crippen LogP contribution is -2.57. The zero-order chi connectivity index (χ0) is 34.6. The Balaban J connectivity index is 2.11. The first kappa shape index (κ1) is 36.9. The Morgan fingerprint density at radius 1 is 0.891 bits per heavy atom. The van der Waals surface area contributed by atoms with Crippen molar-refractivity contribution in [3.05, 3.63) is 29.8 Å². The van der Waals surface area contributed by atoms with Crippen molar-refractivity contribution in [3.63, 3.8) is 0 Å². The fourth-order valence-corrected chi connectivity index (χ4v) is 4.52. The summed E-state index contributed by atoms with van der Waals surface area (Å²) in [4.78, 5) is 99.2. The number of aromatic hydroxyl groups is 1. The van der Waals surface area contributed by atoms with Crippen LogP contribution in [-0.2, 0) is 44.8 Å². The lowest BCUT2D eigenvalue weighted by molar-refractivity contribution is -0.148. The van der Waals surface area contributed by atoms with Crippen LogP contribution in [0.5, 0.6) is 5.75 Å². The molecule has 1 aromatic rings. The summed E-state index contributed by atoms with van der Waals surface area (Å²) in [6, 6.07) is -1.54. The maximum Gasteiger partial charge on any atom is 0.326 e. The molecule has 0 radical (unpaired) electrons. The SMILES string of the molecule is NC(=O)C[C@H](NC(=O)CNC(=O)[C@H](Cc1ccc(O)cc1)NC(=O)[C@@H](N)CO)C(=O)N1CCC[C@H]1C(=O)N[C@@H](CC(=O)O)C(=O)O. The van der Waals surface area contributed by atoms with E-state index < -0.39 is 104 Å². The number of carboxylic acid groups (broad SMARTS) is 2. The van der Waals surface area contributed by atoms with Crippen molar-refractivity contribution < 1.29 is 58.8 Å². The van der Waals surface area contributed by atoms with Gasteiger partial charge in [0, 0.05) is 13.0 Å². The summed E-state index contributed by atoms with van der Waals surface area (Å²) in [6.07, 6.45) is -1.34. The molecule has 0 spiro atoms. The van der Waals surface area contributed by atoms with Crippen LogP contribution in [0.15, 0.2) is 24.3 Å². The molecule has 1 heterocycles. The quantitative estimate of drug-likeness (QED) is 0.0757. The van der Waals surface area contributed by atoms with Crippen LogP contribution in [0.2, 0.25) is 0 Å². The maximum atomic E-state index is 13.3. The number of rotatable bonds is 17. The highest BCUT2D eigenvalue weighted by molar-refractivity contribution is 5.97. The second-order valence-electron chi connectivity index (χ2n) is 10.4. The van der Waals surface area contributed by atoms with Crippen LogP contribution in [0.3, 0.4) is 0 Å². The van der Waals surface area contributed by atoms with Crippen molar-refractivity contribution in [1.29, 1.82) is 0 Å². The maximum absolute atomic E-state index is 13.3. The Morgan fingerprint density at radius 2 is 1.54 bits per heavy atom. The van der Waals surface area contributed by atoms with Gasteiger partial charge in [-0.15, -0.1) is 0 Å². The lowest BCUT2D eigenvalue weighted by Gasteiger charge is -2.29. The fourth-order valence-electron chi connectivity index (χ4n) is 4.52. The second-order valence-corrected chi connectivity index (χ2v) is 10.4. The van der Waals surface area contributed by atoms with E-state index in [2.05, 4.69) is 21.3 Å². The van der Waals surface area contributed by atoms with E-state index in [4.69, 9.17) is 21.7 Å². The van der Waals surface area contributed by atoms with E-state index in [-0.39, 0.29) is 25.1 Å². The molecule has 19 heteroatoms. The molecule has 46 heavy (non-hydrogen) atoms. The van der Waals surface area contributed by atoms with Crippen molar-refractivity contribution >= 4 is 47.4 Å². The molecular weight excluding hydrogens is 614 g/mol. The molecule has 2 rings (SSSR count). The molecule has 5 atom stereocenters. The van der Waals surface area contributed by atoms with Crippen molar-refractivity contribution in [2.75, 3.05) is 19.7 Å². The number of nitrogens with two attached hydrogens (primary N) is 2. The van der Waals surface area contributed by atoms with Crippen LogP contribution in [-0.4, -0.2) is 123 Å². The topological polar surface area (TPSA) is 321 Å². The van der Waals surface area contributed by atoms with Crippen LogP contribution in [0.25, 0.3) is 0 Å². The number of benzene rings is 1. The molecule has 0 unspecified atom stereocenters. The number of nitrogens with zero attached hydrogens (tertiary/aromatic N) is 1. The summed E-state index contributed by atoms with van der Waals surface area (Å²) < 4.78 is 0. The molecule has 12 N–H and O–H groups in total. The molecule has 0 aliphatic carbocycles. The van der Waals surface area contributed by atoms with E-state index in [1.54, 1.807) is 0 Å². The van der Waals surface area contributed by atoms with Crippen molar-refractivity contribution in [3.8, 4) is 5.75 Å². The number of likely N-dealkylation sites (tertiary alicyclic amines) is 1. The highest BCUT2D eigenvalue weighted by Crippen LogP contribution is 2.20. The molecule has 6 amide bonds. The number of amides is 6. The van der Waals surface area contributed by atoms with Gasteiger partial charge in [-0.3, -0.25) is 33.6 Å². The van der Waals surface area contributed by atoms with E-state index in [1.807, 2.05) is 0 Å². The minimum atomic E-state index is -1.77. The second kappa shape index (κ2) is 17.3. The van der Waals surface area contributed by atoms with Crippen molar-refractivity contribution in [2.24, 2.45) is 11.5 Å². The molecule has 0 saturated carbocycles. The Labute approximate surface area is 261 Å². The molecule has 0 aromatic heterocycles. The van der Waals surface area contributed by atoms with Crippen LogP contribution < -0.4 is 32.7 Å².